The van der Waals surface area contributed by atoms with Crippen molar-refractivity contribution in [3.05, 3.63) is 29.3 Å². The number of hydrogen-bond donors (Lipinski definition) is 1. The van der Waals surface area contributed by atoms with E-state index in [0.717, 1.165) is 0 Å². The maximum absolute atomic E-state index is 13.2. The minimum absolute atomic E-state index is 0.0634. The largest absolute Gasteiger partial charge is 0.372 e. The lowest BCUT2D eigenvalue weighted by Gasteiger charge is -2.09. The zero-order valence-corrected chi connectivity index (χ0v) is 9.53. The molecule has 0 aliphatic rings. The second-order valence-corrected chi connectivity index (χ2v) is 3.44. The highest BCUT2D eigenvalue weighted by molar-refractivity contribution is 5.91. The number of hydrogen-bond acceptors (Lipinski definition) is 2. The van der Waals surface area contributed by atoms with Crippen LogP contribution >= 0.6 is 0 Å². The Morgan fingerprint density at radius 2 is 1.78 bits per heavy atom. The fraction of sp³-hybridized carbons (Fsp3) is 0.364. The molecule has 0 spiro atoms. The summed E-state index contributed by atoms with van der Waals surface area (Å²) < 4.78 is 56.7. The molecule has 1 aromatic rings. The Kier molecular flexibility index (Phi) is 5.08. The number of anilines is 1. The van der Waals surface area contributed by atoms with E-state index in [1.165, 1.54) is 0 Å². The van der Waals surface area contributed by atoms with Gasteiger partial charge in [-0.25, -0.2) is 17.6 Å². The third-order valence-electron chi connectivity index (χ3n) is 1.96. The topological polar surface area (TPSA) is 38.3 Å². The van der Waals surface area contributed by atoms with Gasteiger partial charge < -0.3 is 10.1 Å². The first-order valence-electron chi connectivity index (χ1n) is 5.18. The number of ether oxygens (including phenoxy) is 1. The molecule has 3 nitrogen and oxygen atoms in total. The van der Waals surface area contributed by atoms with E-state index in [-0.39, 0.29) is 12.7 Å². The zero-order chi connectivity index (χ0) is 13.7. The molecule has 0 aliphatic carbocycles. The van der Waals surface area contributed by atoms with E-state index >= 15 is 0 Å². The molecule has 0 saturated heterocycles. The third-order valence-corrected chi connectivity index (χ3v) is 1.96. The number of nitrogens with one attached hydrogen (secondary N) is 1. The van der Waals surface area contributed by atoms with Gasteiger partial charge in [-0.3, -0.25) is 4.79 Å². The molecule has 0 fully saturated rings. The zero-order valence-electron chi connectivity index (χ0n) is 9.53. The molecule has 0 atom stereocenters. The summed E-state index contributed by atoms with van der Waals surface area (Å²) in [5.41, 5.74) is -1.16. The molecule has 0 aromatic heterocycles. The Hall–Kier alpha value is -1.63. The molecule has 18 heavy (non-hydrogen) atoms. The fourth-order valence-electron chi connectivity index (χ4n) is 1.17. The molecular weight excluding hydrogens is 254 g/mol. The van der Waals surface area contributed by atoms with Crippen molar-refractivity contribution in [3.63, 3.8) is 0 Å². The smallest absolute Gasteiger partial charge is 0.250 e. The molecule has 1 aromatic carbocycles. The van der Waals surface area contributed by atoms with E-state index in [2.05, 4.69) is 0 Å². The monoisotopic (exact) mass is 265 g/mol. The van der Waals surface area contributed by atoms with Crippen molar-refractivity contribution in [1.82, 2.24) is 0 Å². The van der Waals surface area contributed by atoms with Crippen molar-refractivity contribution in [1.29, 1.82) is 0 Å². The number of amides is 1. The normalized spacial score (nSPS) is 10.5. The summed E-state index contributed by atoms with van der Waals surface area (Å²) in [6.07, 6.45) is 0.657. The van der Waals surface area contributed by atoms with Crippen LogP contribution in [0.25, 0.3) is 0 Å². The average Bonchev–Trinajstić information content (AvgIpc) is 2.32. The summed E-state index contributed by atoms with van der Waals surface area (Å²) in [4.78, 5) is 11.2. The molecule has 0 heterocycles. The number of carbonyl (C=O) groups excluding carboxylic acids is 1. The van der Waals surface area contributed by atoms with Gasteiger partial charge in [-0.2, -0.15) is 0 Å². The highest BCUT2D eigenvalue weighted by Gasteiger charge is 2.20. The number of carbonyl (C=O) groups is 1. The summed E-state index contributed by atoms with van der Waals surface area (Å²) in [5, 5.41) is 1.73. The standard InChI is InChI=1S/C11H11F4NO2/c1-2-3-18-5-8(17)16-11-9(14)6(12)4-7(13)10(11)15/h4H,2-3,5H2,1H3,(H,16,17). The molecule has 1 rings (SSSR count). The van der Waals surface area contributed by atoms with Crippen molar-refractivity contribution in [2.24, 2.45) is 0 Å². The third kappa shape index (κ3) is 3.43. The van der Waals surface area contributed by atoms with Gasteiger partial charge >= 0.3 is 0 Å². The first kappa shape index (κ1) is 14.4. The Morgan fingerprint density at radius 3 is 2.28 bits per heavy atom. The molecule has 0 aliphatic heterocycles. The predicted octanol–water partition coefficient (Wildman–Crippen LogP) is 2.61. The Balaban J connectivity index is 2.81. The minimum atomic E-state index is -1.65. The highest BCUT2D eigenvalue weighted by Crippen LogP contribution is 2.23. The van der Waals surface area contributed by atoms with Gasteiger partial charge in [-0.05, 0) is 6.42 Å². The maximum atomic E-state index is 13.2. The van der Waals surface area contributed by atoms with Crippen LogP contribution in [0.5, 0.6) is 0 Å². The average molecular weight is 265 g/mol. The fourth-order valence-corrected chi connectivity index (χ4v) is 1.17. The Bertz CT molecular complexity index is 425. The van der Waals surface area contributed by atoms with E-state index in [1.807, 2.05) is 0 Å². The summed E-state index contributed by atoms with van der Waals surface area (Å²) in [5.74, 6) is -7.38. The lowest BCUT2D eigenvalue weighted by molar-refractivity contribution is -0.120. The van der Waals surface area contributed by atoms with Crippen LogP contribution in [0.1, 0.15) is 13.3 Å². The van der Waals surface area contributed by atoms with Gasteiger partial charge in [0.1, 0.15) is 12.3 Å². The van der Waals surface area contributed by atoms with Crippen molar-refractivity contribution in [3.8, 4) is 0 Å². The summed E-state index contributed by atoms with van der Waals surface area (Å²) in [6, 6.07) is 0.0634. The summed E-state index contributed by atoms with van der Waals surface area (Å²) in [6.45, 7) is 1.64. The van der Waals surface area contributed by atoms with Crippen LogP contribution < -0.4 is 5.32 Å². The van der Waals surface area contributed by atoms with Crippen LogP contribution in [0.2, 0.25) is 0 Å². The van der Waals surface area contributed by atoms with Crippen LogP contribution in [-0.2, 0) is 9.53 Å². The van der Waals surface area contributed by atoms with Crippen molar-refractivity contribution in [2.75, 3.05) is 18.5 Å². The minimum Gasteiger partial charge on any atom is -0.372 e. The lowest BCUT2D eigenvalue weighted by Crippen LogP contribution is -2.21. The van der Waals surface area contributed by atoms with Crippen LogP contribution in [-0.4, -0.2) is 19.1 Å². The molecule has 0 radical (unpaired) electrons. The molecule has 0 bridgehead atoms. The number of benzene rings is 1. The van der Waals surface area contributed by atoms with Gasteiger partial charge in [0.15, 0.2) is 23.3 Å². The highest BCUT2D eigenvalue weighted by atomic mass is 19.2. The first-order chi connectivity index (χ1) is 8.47. The van der Waals surface area contributed by atoms with Gasteiger partial charge in [0.25, 0.3) is 5.91 Å². The van der Waals surface area contributed by atoms with E-state index in [0.29, 0.717) is 6.42 Å². The van der Waals surface area contributed by atoms with E-state index in [4.69, 9.17) is 4.74 Å². The van der Waals surface area contributed by atoms with Crippen LogP contribution in [0, 0.1) is 23.3 Å². The van der Waals surface area contributed by atoms with Crippen molar-refractivity contribution >= 4 is 11.6 Å². The molecule has 7 heteroatoms. The predicted molar refractivity (Wildman–Crippen MR) is 56.0 cm³/mol. The van der Waals surface area contributed by atoms with Crippen LogP contribution in [0.4, 0.5) is 23.2 Å². The Labute approximate surface area is 101 Å². The van der Waals surface area contributed by atoms with E-state index in [1.54, 1.807) is 12.2 Å². The summed E-state index contributed by atoms with van der Waals surface area (Å²) >= 11 is 0. The molecule has 0 saturated carbocycles. The van der Waals surface area contributed by atoms with E-state index in [9.17, 15) is 22.4 Å². The van der Waals surface area contributed by atoms with Crippen molar-refractivity contribution < 1.29 is 27.1 Å². The summed E-state index contributed by atoms with van der Waals surface area (Å²) in [7, 11) is 0. The van der Waals surface area contributed by atoms with Crippen LogP contribution in [0.3, 0.4) is 0 Å². The number of rotatable bonds is 5. The molecular formula is C11H11F4NO2. The lowest BCUT2D eigenvalue weighted by atomic mass is 10.2. The van der Waals surface area contributed by atoms with Crippen molar-refractivity contribution in [2.45, 2.75) is 13.3 Å². The second kappa shape index (κ2) is 6.34. The van der Waals surface area contributed by atoms with Gasteiger partial charge in [-0.1, -0.05) is 6.92 Å². The van der Waals surface area contributed by atoms with Gasteiger partial charge in [0, 0.05) is 12.7 Å². The van der Waals surface area contributed by atoms with Crippen LogP contribution in [0.15, 0.2) is 6.07 Å². The van der Waals surface area contributed by atoms with E-state index < -0.39 is 41.5 Å². The SMILES string of the molecule is CCCOCC(=O)Nc1c(F)c(F)cc(F)c1F. The van der Waals surface area contributed by atoms with Gasteiger partial charge in [0.2, 0.25) is 0 Å². The maximum Gasteiger partial charge on any atom is 0.250 e. The first-order valence-corrected chi connectivity index (χ1v) is 5.18. The molecule has 0 unspecified atom stereocenters. The quantitative estimate of drug-likeness (QED) is 0.505. The second-order valence-electron chi connectivity index (χ2n) is 3.44. The molecule has 1 N–H and O–H groups in total. The molecule has 1 amide bonds. The van der Waals surface area contributed by atoms with Gasteiger partial charge in [-0.15, -0.1) is 0 Å². The Morgan fingerprint density at radius 1 is 1.22 bits per heavy atom. The molecule has 100 valence electrons. The van der Waals surface area contributed by atoms with Gasteiger partial charge in [0.05, 0.1) is 0 Å². The number of halogens is 4.